The topological polar surface area (TPSA) is 75.1 Å². The van der Waals surface area contributed by atoms with Gasteiger partial charge in [0.2, 0.25) is 5.91 Å². The minimum Gasteiger partial charge on any atom is -0.408 e. The summed E-state index contributed by atoms with van der Waals surface area (Å²) in [7, 11) is 0. The number of aromatic nitrogens is 1. The zero-order valence-electron chi connectivity index (χ0n) is 12.7. The first-order valence-electron chi connectivity index (χ1n) is 7.67. The molecule has 0 aliphatic carbocycles. The number of benzene rings is 2. The predicted octanol–water partition coefficient (Wildman–Crippen LogP) is 3.47. The van der Waals surface area contributed by atoms with Crippen molar-refractivity contribution < 1.29 is 9.21 Å². The van der Waals surface area contributed by atoms with Crippen LogP contribution in [0.15, 0.2) is 57.7 Å². The molecule has 0 radical (unpaired) electrons. The average Bonchev–Trinajstić information content (AvgIpc) is 2.92. The summed E-state index contributed by atoms with van der Waals surface area (Å²) in [6.07, 6.45) is 3.27. The Hall–Kier alpha value is -2.82. The second-order valence-corrected chi connectivity index (χ2v) is 5.47. The summed E-state index contributed by atoms with van der Waals surface area (Å²) in [5.74, 6) is -0.528. The molecular weight excluding hydrogens is 292 g/mol. The highest BCUT2D eigenvalue weighted by atomic mass is 16.4. The number of rotatable bonds is 6. The van der Waals surface area contributed by atoms with E-state index in [0.29, 0.717) is 23.2 Å². The Morgan fingerprint density at radius 2 is 1.91 bits per heavy atom. The molecule has 23 heavy (non-hydrogen) atoms. The van der Waals surface area contributed by atoms with E-state index in [1.54, 1.807) is 18.2 Å². The molecule has 2 N–H and O–H groups in total. The molecule has 0 fully saturated rings. The summed E-state index contributed by atoms with van der Waals surface area (Å²) in [5.41, 5.74) is 2.99. The molecule has 0 saturated carbocycles. The number of fused-ring (bicyclic) bond motifs is 1. The fourth-order valence-corrected chi connectivity index (χ4v) is 2.51. The Morgan fingerprint density at radius 1 is 1.09 bits per heavy atom. The molecule has 0 aliphatic heterocycles. The van der Waals surface area contributed by atoms with Gasteiger partial charge in [-0.3, -0.25) is 9.78 Å². The van der Waals surface area contributed by atoms with Crippen molar-refractivity contribution in [3.8, 4) is 0 Å². The van der Waals surface area contributed by atoms with Gasteiger partial charge in [-0.25, -0.2) is 4.79 Å². The normalized spacial score (nSPS) is 10.8. The maximum absolute atomic E-state index is 12.0. The van der Waals surface area contributed by atoms with E-state index in [1.165, 1.54) is 5.56 Å². The van der Waals surface area contributed by atoms with Gasteiger partial charge in [-0.15, -0.1) is 0 Å². The van der Waals surface area contributed by atoms with Crippen LogP contribution in [-0.4, -0.2) is 10.9 Å². The van der Waals surface area contributed by atoms with Gasteiger partial charge < -0.3 is 9.73 Å². The minimum atomic E-state index is -0.496. The van der Waals surface area contributed by atoms with Crippen LogP contribution in [-0.2, 0) is 11.2 Å². The molecule has 3 rings (SSSR count). The van der Waals surface area contributed by atoms with Gasteiger partial charge in [-0.1, -0.05) is 30.3 Å². The van der Waals surface area contributed by atoms with Crippen LogP contribution in [0.1, 0.15) is 24.8 Å². The predicted molar refractivity (Wildman–Crippen MR) is 89.5 cm³/mol. The summed E-state index contributed by atoms with van der Waals surface area (Å²) in [5, 5.41) is 2.83. The van der Waals surface area contributed by atoms with Crippen molar-refractivity contribution in [2.24, 2.45) is 0 Å². The summed E-state index contributed by atoms with van der Waals surface area (Å²) in [6.45, 7) is 0. The molecule has 5 heteroatoms. The number of nitrogens with one attached hydrogen (secondary N) is 2. The number of carbonyl (C=O) groups excluding carboxylic acids is 1. The number of anilines is 1. The third-order valence-corrected chi connectivity index (χ3v) is 3.67. The van der Waals surface area contributed by atoms with Crippen molar-refractivity contribution in [3.05, 3.63) is 64.6 Å². The SMILES string of the molecule is O=C(CCCCc1ccccc1)Nc1ccc2[nH]c(=O)oc2c1. The number of unbranched alkanes of at least 4 members (excludes halogenated alkanes) is 1. The fourth-order valence-electron chi connectivity index (χ4n) is 2.51. The first kappa shape index (κ1) is 15.1. The Balaban J connectivity index is 1.47. The van der Waals surface area contributed by atoms with Crippen molar-refractivity contribution in [1.82, 2.24) is 4.98 Å². The standard InChI is InChI=1S/C18H18N2O3/c21-17(9-5-4-8-13-6-2-1-3-7-13)19-14-10-11-15-16(12-14)23-18(22)20-15/h1-3,6-7,10-12H,4-5,8-9H2,(H,19,21)(H,20,22). The van der Waals surface area contributed by atoms with Crippen molar-refractivity contribution in [2.75, 3.05) is 5.32 Å². The average molecular weight is 310 g/mol. The Kier molecular flexibility index (Phi) is 4.57. The van der Waals surface area contributed by atoms with E-state index in [0.717, 1.165) is 19.3 Å². The van der Waals surface area contributed by atoms with E-state index in [2.05, 4.69) is 22.4 Å². The second kappa shape index (κ2) is 6.96. The monoisotopic (exact) mass is 310 g/mol. The van der Waals surface area contributed by atoms with Crippen molar-refractivity contribution >= 4 is 22.7 Å². The summed E-state index contributed by atoms with van der Waals surface area (Å²) >= 11 is 0. The maximum Gasteiger partial charge on any atom is 0.417 e. The van der Waals surface area contributed by atoms with Crippen LogP contribution in [0, 0.1) is 0 Å². The molecule has 0 unspecified atom stereocenters. The van der Waals surface area contributed by atoms with Crippen molar-refractivity contribution in [2.45, 2.75) is 25.7 Å². The van der Waals surface area contributed by atoms with Crippen molar-refractivity contribution in [3.63, 3.8) is 0 Å². The smallest absolute Gasteiger partial charge is 0.408 e. The quantitative estimate of drug-likeness (QED) is 0.684. The molecule has 3 aromatic rings. The Morgan fingerprint density at radius 3 is 2.74 bits per heavy atom. The molecule has 1 aromatic heterocycles. The van der Waals surface area contributed by atoms with E-state index < -0.39 is 5.76 Å². The van der Waals surface area contributed by atoms with Crippen LogP contribution in [0.3, 0.4) is 0 Å². The molecule has 118 valence electrons. The largest absolute Gasteiger partial charge is 0.417 e. The first-order chi connectivity index (χ1) is 11.2. The molecule has 0 atom stereocenters. The highest BCUT2D eigenvalue weighted by Crippen LogP contribution is 2.16. The summed E-state index contributed by atoms with van der Waals surface area (Å²) < 4.78 is 4.98. The molecule has 5 nitrogen and oxygen atoms in total. The lowest BCUT2D eigenvalue weighted by Gasteiger charge is -2.05. The maximum atomic E-state index is 12.0. The molecule has 2 aromatic carbocycles. The van der Waals surface area contributed by atoms with E-state index in [-0.39, 0.29) is 5.91 Å². The van der Waals surface area contributed by atoms with Gasteiger partial charge in [-0.2, -0.15) is 0 Å². The lowest BCUT2D eigenvalue weighted by molar-refractivity contribution is -0.116. The zero-order valence-corrected chi connectivity index (χ0v) is 12.7. The Bertz CT molecular complexity index is 849. The van der Waals surface area contributed by atoms with Crippen LogP contribution < -0.4 is 11.1 Å². The number of oxazole rings is 1. The van der Waals surface area contributed by atoms with Gasteiger partial charge in [0, 0.05) is 18.2 Å². The number of hydrogen-bond acceptors (Lipinski definition) is 3. The van der Waals surface area contributed by atoms with E-state index >= 15 is 0 Å². The lowest BCUT2D eigenvalue weighted by atomic mass is 10.1. The summed E-state index contributed by atoms with van der Waals surface area (Å²) in [6, 6.07) is 15.4. The number of H-pyrrole nitrogens is 1. The number of carbonyl (C=O) groups is 1. The third-order valence-electron chi connectivity index (χ3n) is 3.67. The molecule has 1 amide bonds. The van der Waals surface area contributed by atoms with Gasteiger partial charge in [0.1, 0.15) is 0 Å². The van der Waals surface area contributed by atoms with Crippen LogP contribution in [0.5, 0.6) is 0 Å². The van der Waals surface area contributed by atoms with Gasteiger partial charge >= 0.3 is 5.76 Å². The van der Waals surface area contributed by atoms with Crippen LogP contribution in [0.25, 0.3) is 11.1 Å². The number of amides is 1. The molecule has 0 saturated heterocycles. The molecule has 1 heterocycles. The number of aromatic amines is 1. The van der Waals surface area contributed by atoms with Crippen LogP contribution in [0.4, 0.5) is 5.69 Å². The highest BCUT2D eigenvalue weighted by Gasteiger charge is 2.06. The van der Waals surface area contributed by atoms with E-state index in [9.17, 15) is 9.59 Å². The highest BCUT2D eigenvalue weighted by molar-refractivity contribution is 5.92. The molecular formula is C18H18N2O3. The van der Waals surface area contributed by atoms with E-state index in [1.807, 2.05) is 18.2 Å². The van der Waals surface area contributed by atoms with Gasteiger partial charge in [-0.05, 0) is 37.0 Å². The van der Waals surface area contributed by atoms with E-state index in [4.69, 9.17) is 4.42 Å². The molecule has 0 aliphatic rings. The summed E-state index contributed by atoms with van der Waals surface area (Å²) in [4.78, 5) is 25.6. The second-order valence-electron chi connectivity index (χ2n) is 5.47. The van der Waals surface area contributed by atoms with Crippen molar-refractivity contribution in [1.29, 1.82) is 0 Å². The number of aryl methyl sites for hydroxylation is 1. The fraction of sp³-hybridized carbons (Fsp3) is 0.222. The molecule has 0 spiro atoms. The van der Waals surface area contributed by atoms with Gasteiger partial charge in [0.15, 0.2) is 5.58 Å². The van der Waals surface area contributed by atoms with Gasteiger partial charge in [0.05, 0.1) is 5.52 Å². The molecule has 0 bridgehead atoms. The van der Waals surface area contributed by atoms with Gasteiger partial charge in [0.25, 0.3) is 0 Å². The number of hydrogen-bond donors (Lipinski definition) is 2. The zero-order chi connectivity index (χ0) is 16.1. The third kappa shape index (κ3) is 4.10. The first-order valence-corrected chi connectivity index (χ1v) is 7.67. The van der Waals surface area contributed by atoms with Crippen LogP contribution >= 0.6 is 0 Å². The lowest BCUT2D eigenvalue weighted by Crippen LogP contribution is -2.11. The van der Waals surface area contributed by atoms with Crippen LogP contribution in [0.2, 0.25) is 0 Å². The minimum absolute atomic E-state index is 0.0321. The Labute approximate surface area is 133 Å².